The second-order valence-electron chi connectivity index (χ2n) is 7.73. The van der Waals surface area contributed by atoms with Crippen LogP contribution in [0.4, 0.5) is 19.0 Å². The number of nitrogens with one attached hydrogen (secondary N) is 3. The number of halogens is 3. The van der Waals surface area contributed by atoms with Crippen LogP contribution in [0.25, 0.3) is 10.9 Å². The largest absolute Gasteiger partial charge is 0.467 e. The number of H-pyrrole nitrogens is 1. The molecule has 166 valence electrons. The van der Waals surface area contributed by atoms with Crippen LogP contribution in [0.2, 0.25) is 0 Å². The first-order chi connectivity index (χ1) is 15.4. The minimum atomic E-state index is -4.52. The number of amides is 1. The number of aromatic nitrogens is 3. The maximum Gasteiger partial charge on any atom is 0.410 e. The number of fused-ring (bicyclic) bond motifs is 2. The molecule has 0 saturated heterocycles. The molecule has 1 aliphatic rings. The number of alkyl halides is 3. The van der Waals surface area contributed by atoms with Gasteiger partial charge in [-0.25, -0.2) is 4.68 Å². The fourth-order valence-corrected chi connectivity index (χ4v) is 4.10. The Balaban J connectivity index is 1.31. The number of rotatable bonds is 5. The number of hydrogen-bond donors (Lipinski definition) is 3. The van der Waals surface area contributed by atoms with Gasteiger partial charge in [-0.05, 0) is 30.2 Å². The second-order valence-corrected chi connectivity index (χ2v) is 7.73. The summed E-state index contributed by atoms with van der Waals surface area (Å²) in [5.41, 5.74) is 1.98. The van der Waals surface area contributed by atoms with E-state index in [1.54, 1.807) is 12.1 Å². The third kappa shape index (κ3) is 3.72. The van der Waals surface area contributed by atoms with Crippen molar-refractivity contribution in [1.82, 2.24) is 20.1 Å². The minimum absolute atomic E-state index is 0.0687. The number of benzene rings is 1. The monoisotopic (exact) mass is 443 g/mol. The zero-order valence-corrected chi connectivity index (χ0v) is 16.8. The van der Waals surface area contributed by atoms with Gasteiger partial charge in [-0.2, -0.15) is 18.3 Å². The van der Waals surface area contributed by atoms with Crippen molar-refractivity contribution in [2.45, 2.75) is 31.1 Å². The fraction of sp³-hybridized carbons (Fsp3) is 0.273. The van der Waals surface area contributed by atoms with Gasteiger partial charge >= 0.3 is 6.18 Å². The van der Waals surface area contributed by atoms with Gasteiger partial charge in [0.05, 0.1) is 12.3 Å². The average molecular weight is 443 g/mol. The molecule has 10 heteroatoms. The summed E-state index contributed by atoms with van der Waals surface area (Å²) < 4.78 is 47.3. The number of nitrogens with zero attached hydrogens (tertiary/aromatic N) is 2. The van der Waals surface area contributed by atoms with Crippen LogP contribution in [0.3, 0.4) is 0 Å². The van der Waals surface area contributed by atoms with Crippen LogP contribution < -0.4 is 10.6 Å². The van der Waals surface area contributed by atoms with E-state index in [0.29, 0.717) is 18.7 Å². The van der Waals surface area contributed by atoms with E-state index in [-0.39, 0.29) is 17.9 Å². The average Bonchev–Trinajstić information content (AvgIpc) is 3.51. The molecule has 1 aliphatic heterocycles. The van der Waals surface area contributed by atoms with Crippen LogP contribution in [-0.4, -0.2) is 33.4 Å². The van der Waals surface area contributed by atoms with Gasteiger partial charge in [-0.3, -0.25) is 4.79 Å². The molecule has 2 atom stereocenters. The Labute approximate surface area is 180 Å². The van der Waals surface area contributed by atoms with Gasteiger partial charge in [0.25, 0.3) is 5.91 Å². The maximum absolute atomic E-state index is 13.7. The van der Waals surface area contributed by atoms with E-state index < -0.39 is 24.2 Å². The lowest BCUT2D eigenvalue weighted by Gasteiger charge is -2.32. The highest BCUT2D eigenvalue weighted by Gasteiger charge is 2.47. The third-order valence-corrected chi connectivity index (χ3v) is 5.66. The van der Waals surface area contributed by atoms with Crippen molar-refractivity contribution in [2.75, 3.05) is 11.9 Å². The van der Waals surface area contributed by atoms with Crippen LogP contribution in [0.15, 0.2) is 59.3 Å². The van der Waals surface area contributed by atoms with Crippen molar-refractivity contribution >= 4 is 22.6 Å². The summed E-state index contributed by atoms with van der Waals surface area (Å²) in [6.07, 6.45) is -0.922. The lowest BCUT2D eigenvalue weighted by Crippen LogP contribution is -2.35. The van der Waals surface area contributed by atoms with E-state index in [4.69, 9.17) is 4.42 Å². The predicted molar refractivity (Wildman–Crippen MR) is 111 cm³/mol. The van der Waals surface area contributed by atoms with Gasteiger partial charge in [0.2, 0.25) is 0 Å². The van der Waals surface area contributed by atoms with Crippen LogP contribution in [0, 0.1) is 0 Å². The Morgan fingerprint density at radius 1 is 1.25 bits per heavy atom. The molecule has 5 rings (SSSR count). The van der Waals surface area contributed by atoms with Gasteiger partial charge in [-0.15, -0.1) is 0 Å². The molecule has 0 spiro atoms. The lowest BCUT2D eigenvalue weighted by molar-refractivity contribution is -0.174. The van der Waals surface area contributed by atoms with Gasteiger partial charge in [0, 0.05) is 36.1 Å². The summed E-state index contributed by atoms with van der Waals surface area (Å²) in [4.78, 5) is 15.8. The number of carbonyl (C=O) groups is 1. The van der Waals surface area contributed by atoms with E-state index in [0.717, 1.165) is 21.1 Å². The number of furan rings is 1. The molecule has 32 heavy (non-hydrogen) atoms. The molecule has 1 amide bonds. The molecular formula is C22H20F3N5O2. The second kappa shape index (κ2) is 7.77. The first-order valence-corrected chi connectivity index (χ1v) is 10.2. The molecule has 0 saturated carbocycles. The number of carbonyl (C=O) groups excluding carboxylic acids is 1. The fourth-order valence-electron chi connectivity index (χ4n) is 4.10. The Hall–Kier alpha value is -3.69. The number of anilines is 1. The van der Waals surface area contributed by atoms with Gasteiger partial charge in [-0.1, -0.05) is 18.2 Å². The molecule has 4 aromatic rings. The molecule has 3 N–H and O–H groups in total. The summed E-state index contributed by atoms with van der Waals surface area (Å²) in [7, 11) is 0. The topological polar surface area (TPSA) is 87.9 Å². The summed E-state index contributed by atoms with van der Waals surface area (Å²) in [5.74, 6) is 0.00204. The van der Waals surface area contributed by atoms with Crippen molar-refractivity contribution < 1.29 is 22.4 Å². The molecule has 0 aliphatic carbocycles. The summed E-state index contributed by atoms with van der Waals surface area (Å²) >= 11 is 0. The molecule has 7 nitrogen and oxygen atoms in total. The summed E-state index contributed by atoms with van der Waals surface area (Å²) in [6, 6.07) is 9.89. The highest BCUT2D eigenvalue weighted by atomic mass is 19.4. The number of para-hydroxylation sites is 1. The predicted octanol–water partition coefficient (Wildman–Crippen LogP) is 4.59. The number of hydrogen-bond acceptors (Lipinski definition) is 4. The summed E-state index contributed by atoms with van der Waals surface area (Å²) in [6.45, 7) is 0.327. The number of aromatic amines is 1. The minimum Gasteiger partial charge on any atom is -0.467 e. The molecule has 0 radical (unpaired) electrons. The summed E-state index contributed by atoms with van der Waals surface area (Å²) in [5, 5.41) is 10.8. The molecule has 1 aromatic carbocycles. The van der Waals surface area contributed by atoms with Crippen LogP contribution in [0.5, 0.6) is 0 Å². The van der Waals surface area contributed by atoms with E-state index >= 15 is 0 Å². The standard InChI is InChI=1S/C22H20F3N5O2/c23-22(24,25)19-10-16(18-6-3-9-32-18)28-20-11-17(29-30(19)20)21(31)26-8-7-13-12-27-15-5-2-1-4-14(13)15/h1-6,9,11-12,16,19,27-28H,7-8,10H2,(H,26,31)/t16-,19+/m0/s1. The zero-order chi connectivity index (χ0) is 22.3. The maximum atomic E-state index is 13.7. The highest BCUT2D eigenvalue weighted by Crippen LogP contribution is 2.43. The Kier molecular flexibility index (Phi) is 4.91. The lowest BCUT2D eigenvalue weighted by atomic mass is 10.0. The molecule has 0 unspecified atom stereocenters. The molecule has 4 heterocycles. The quantitative estimate of drug-likeness (QED) is 0.421. The third-order valence-electron chi connectivity index (χ3n) is 5.66. The van der Waals surface area contributed by atoms with E-state index in [1.165, 1.54) is 12.3 Å². The Bertz CT molecular complexity index is 1240. The smallest absolute Gasteiger partial charge is 0.410 e. The van der Waals surface area contributed by atoms with Gasteiger partial charge in [0.1, 0.15) is 11.6 Å². The van der Waals surface area contributed by atoms with E-state index in [2.05, 4.69) is 20.7 Å². The van der Waals surface area contributed by atoms with E-state index in [9.17, 15) is 18.0 Å². The van der Waals surface area contributed by atoms with Crippen molar-refractivity contribution in [3.05, 3.63) is 71.9 Å². The van der Waals surface area contributed by atoms with E-state index in [1.807, 2.05) is 30.5 Å². The Morgan fingerprint density at radius 2 is 2.09 bits per heavy atom. The molecule has 3 aromatic heterocycles. The van der Waals surface area contributed by atoms with Gasteiger partial charge < -0.3 is 20.0 Å². The van der Waals surface area contributed by atoms with Crippen LogP contribution in [-0.2, 0) is 6.42 Å². The molecule has 0 bridgehead atoms. The normalized spacial score (nSPS) is 18.3. The van der Waals surface area contributed by atoms with Crippen LogP contribution >= 0.6 is 0 Å². The van der Waals surface area contributed by atoms with Crippen molar-refractivity contribution in [3.63, 3.8) is 0 Å². The zero-order valence-electron chi connectivity index (χ0n) is 16.8. The van der Waals surface area contributed by atoms with Crippen molar-refractivity contribution in [1.29, 1.82) is 0 Å². The first kappa shape index (κ1) is 20.2. The first-order valence-electron chi connectivity index (χ1n) is 10.2. The SMILES string of the molecule is O=C(NCCc1c[nH]c2ccccc12)c1cc2n(n1)[C@@H](C(F)(F)F)C[C@@H](c1ccco1)N2. The van der Waals surface area contributed by atoms with Crippen LogP contribution in [0.1, 0.15) is 40.3 Å². The molecule has 0 fully saturated rings. The van der Waals surface area contributed by atoms with Crippen molar-refractivity contribution in [2.24, 2.45) is 0 Å². The molecular weight excluding hydrogens is 423 g/mol. The van der Waals surface area contributed by atoms with Crippen molar-refractivity contribution in [3.8, 4) is 0 Å². The Morgan fingerprint density at radius 3 is 2.88 bits per heavy atom. The van der Waals surface area contributed by atoms with Gasteiger partial charge in [0.15, 0.2) is 11.7 Å². The highest BCUT2D eigenvalue weighted by molar-refractivity contribution is 5.93.